The molecule has 1 N–H and O–H groups in total. The molecule has 0 atom stereocenters. The molecule has 0 spiro atoms. The first-order valence-corrected chi connectivity index (χ1v) is 9.39. The third-order valence-corrected chi connectivity index (χ3v) is 5.00. The second-order valence-corrected chi connectivity index (χ2v) is 6.89. The van der Waals surface area contributed by atoms with Gasteiger partial charge in [-0.2, -0.15) is 5.10 Å². The van der Waals surface area contributed by atoms with Gasteiger partial charge >= 0.3 is 0 Å². The Morgan fingerprint density at radius 2 is 1.59 bits per heavy atom. The van der Waals surface area contributed by atoms with E-state index in [0.717, 1.165) is 32.7 Å². The second kappa shape index (κ2) is 7.28. The van der Waals surface area contributed by atoms with E-state index in [1.54, 1.807) is 6.21 Å². The van der Waals surface area contributed by atoms with Gasteiger partial charge in [0.1, 0.15) is 0 Å². The molecule has 1 aliphatic rings. The van der Waals surface area contributed by atoms with Crippen LogP contribution in [0.3, 0.4) is 0 Å². The largest absolute Gasteiger partial charge is 0.454 e. The van der Waals surface area contributed by atoms with Crippen LogP contribution in [-0.2, 0) is 11.2 Å². The zero-order valence-corrected chi connectivity index (χ0v) is 15.6. The van der Waals surface area contributed by atoms with Crippen molar-refractivity contribution in [1.29, 1.82) is 0 Å². The summed E-state index contributed by atoms with van der Waals surface area (Å²) in [5.41, 5.74) is 4.47. The number of carbonyl (C=O) groups excluding carboxylic acids is 1. The SMILES string of the molecule is O=C(Cc1ccc2c(c1)OCO2)N/N=C/c1c2ccccc2cc2ccccc12. The number of hydrogen-bond acceptors (Lipinski definition) is 4. The van der Waals surface area contributed by atoms with Gasteiger partial charge in [0.2, 0.25) is 12.7 Å². The van der Waals surface area contributed by atoms with Gasteiger partial charge in [-0.15, -0.1) is 0 Å². The molecule has 0 unspecified atom stereocenters. The number of rotatable bonds is 4. The minimum atomic E-state index is -0.190. The minimum Gasteiger partial charge on any atom is -0.454 e. The molecule has 4 aromatic rings. The summed E-state index contributed by atoms with van der Waals surface area (Å²) >= 11 is 0. The molecular weight excluding hydrogens is 364 g/mol. The molecule has 0 radical (unpaired) electrons. The lowest BCUT2D eigenvalue weighted by atomic mass is 9.97. The van der Waals surface area contributed by atoms with Crippen LogP contribution in [0, 0.1) is 0 Å². The lowest BCUT2D eigenvalue weighted by Crippen LogP contribution is -2.19. The number of fused-ring (bicyclic) bond motifs is 3. The number of amides is 1. The topological polar surface area (TPSA) is 59.9 Å². The number of benzene rings is 4. The number of ether oxygens (including phenoxy) is 2. The molecule has 0 saturated carbocycles. The quantitative estimate of drug-likeness (QED) is 0.323. The molecule has 142 valence electrons. The van der Waals surface area contributed by atoms with Crippen molar-refractivity contribution >= 4 is 33.7 Å². The van der Waals surface area contributed by atoms with Crippen LogP contribution in [-0.4, -0.2) is 18.9 Å². The van der Waals surface area contributed by atoms with Crippen molar-refractivity contribution in [3.05, 3.63) is 83.9 Å². The highest BCUT2D eigenvalue weighted by Gasteiger charge is 2.14. The van der Waals surface area contributed by atoms with Gasteiger partial charge in [-0.25, -0.2) is 5.43 Å². The number of hydrogen-bond donors (Lipinski definition) is 1. The highest BCUT2D eigenvalue weighted by Crippen LogP contribution is 2.32. The summed E-state index contributed by atoms with van der Waals surface area (Å²) in [6, 6.07) is 24.0. The first-order valence-electron chi connectivity index (χ1n) is 9.39. The van der Waals surface area contributed by atoms with Crippen LogP contribution in [0.15, 0.2) is 77.9 Å². The van der Waals surface area contributed by atoms with Gasteiger partial charge in [0.15, 0.2) is 11.5 Å². The Labute approximate surface area is 167 Å². The molecule has 0 fully saturated rings. The first kappa shape index (κ1) is 17.3. The summed E-state index contributed by atoms with van der Waals surface area (Å²) in [5, 5.41) is 8.70. The van der Waals surface area contributed by atoms with Gasteiger partial charge in [-0.05, 0) is 45.3 Å². The standard InChI is InChI=1S/C24H18N2O3/c27-24(12-16-9-10-22-23(11-16)29-15-28-22)26-25-14-21-19-7-3-1-5-17(19)13-18-6-2-4-8-20(18)21/h1-11,13-14H,12,15H2,(H,26,27)/b25-14+. The zero-order chi connectivity index (χ0) is 19.6. The number of nitrogens with zero attached hydrogens (tertiary/aromatic N) is 1. The van der Waals surface area contributed by atoms with Crippen molar-refractivity contribution < 1.29 is 14.3 Å². The molecule has 5 nitrogen and oxygen atoms in total. The van der Waals surface area contributed by atoms with Gasteiger partial charge < -0.3 is 9.47 Å². The summed E-state index contributed by atoms with van der Waals surface area (Å²) in [6.45, 7) is 0.217. The second-order valence-electron chi connectivity index (χ2n) is 6.89. The Kier molecular flexibility index (Phi) is 4.33. The highest BCUT2D eigenvalue weighted by atomic mass is 16.7. The Morgan fingerprint density at radius 1 is 0.897 bits per heavy atom. The van der Waals surface area contributed by atoms with Gasteiger partial charge in [0.25, 0.3) is 0 Å². The normalized spacial score (nSPS) is 12.7. The molecule has 5 heteroatoms. The van der Waals surface area contributed by atoms with Crippen molar-refractivity contribution in [2.75, 3.05) is 6.79 Å². The smallest absolute Gasteiger partial charge is 0.244 e. The monoisotopic (exact) mass is 382 g/mol. The lowest BCUT2D eigenvalue weighted by molar-refractivity contribution is -0.120. The summed E-state index contributed by atoms with van der Waals surface area (Å²) in [6.07, 6.45) is 1.94. The van der Waals surface area contributed by atoms with Crippen LogP contribution >= 0.6 is 0 Å². The summed E-state index contributed by atoms with van der Waals surface area (Å²) in [4.78, 5) is 12.3. The molecule has 0 saturated heterocycles. The minimum absolute atomic E-state index is 0.190. The van der Waals surface area contributed by atoms with Crippen molar-refractivity contribution in [3.8, 4) is 11.5 Å². The van der Waals surface area contributed by atoms with Crippen LogP contribution in [0.1, 0.15) is 11.1 Å². The van der Waals surface area contributed by atoms with Gasteiger partial charge in [-0.1, -0.05) is 54.6 Å². The van der Waals surface area contributed by atoms with Crippen LogP contribution in [0.2, 0.25) is 0 Å². The van der Waals surface area contributed by atoms with E-state index >= 15 is 0 Å². The van der Waals surface area contributed by atoms with E-state index in [9.17, 15) is 4.79 Å². The summed E-state index contributed by atoms with van der Waals surface area (Å²) < 4.78 is 10.7. The third kappa shape index (κ3) is 3.38. The Morgan fingerprint density at radius 3 is 2.34 bits per heavy atom. The Hall–Kier alpha value is -3.86. The average molecular weight is 382 g/mol. The molecule has 1 aliphatic heterocycles. The van der Waals surface area contributed by atoms with Crippen molar-refractivity contribution in [3.63, 3.8) is 0 Å². The molecule has 29 heavy (non-hydrogen) atoms. The molecule has 4 aromatic carbocycles. The van der Waals surface area contributed by atoms with E-state index in [2.05, 4.69) is 40.9 Å². The maximum absolute atomic E-state index is 12.3. The van der Waals surface area contributed by atoms with E-state index < -0.39 is 0 Å². The maximum atomic E-state index is 12.3. The van der Waals surface area contributed by atoms with E-state index in [1.165, 1.54) is 0 Å². The van der Waals surface area contributed by atoms with E-state index in [-0.39, 0.29) is 19.1 Å². The number of hydrazone groups is 1. The van der Waals surface area contributed by atoms with E-state index in [0.29, 0.717) is 11.5 Å². The maximum Gasteiger partial charge on any atom is 0.244 e. The number of nitrogens with one attached hydrogen (secondary N) is 1. The number of carbonyl (C=O) groups is 1. The predicted molar refractivity (Wildman–Crippen MR) is 113 cm³/mol. The third-order valence-electron chi connectivity index (χ3n) is 5.00. The molecular formula is C24H18N2O3. The fourth-order valence-electron chi connectivity index (χ4n) is 3.63. The van der Waals surface area contributed by atoms with Crippen molar-refractivity contribution in [2.24, 2.45) is 5.10 Å². The summed E-state index contributed by atoms with van der Waals surface area (Å²) in [5.74, 6) is 1.18. The van der Waals surface area contributed by atoms with Gasteiger partial charge in [0.05, 0.1) is 12.6 Å². The molecule has 5 rings (SSSR count). The van der Waals surface area contributed by atoms with E-state index in [4.69, 9.17) is 9.47 Å². The summed E-state index contributed by atoms with van der Waals surface area (Å²) in [7, 11) is 0. The van der Waals surface area contributed by atoms with Crippen molar-refractivity contribution in [2.45, 2.75) is 6.42 Å². The average Bonchev–Trinajstić information content (AvgIpc) is 3.21. The van der Waals surface area contributed by atoms with Crippen LogP contribution < -0.4 is 14.9 Å². The van der Waals surface area contributed by atoms with Crippen LogP contribution in [0.4, 0.5) is 0 Å². The predicted octanol–water partition coefficient (Wildman–Crippen LogP) is 4.41. The van der Waals surface area contributed by atoms with Gasteiger partial charge in [-0.3, -0.25) is 4.79 Å². The van der Waals surface area contributed by atoms with Crippen LogP contribution in [0.5, 0.6) is 11.5 Å². The molecule has 0 bridgehead atoms. The fraction of sp³-hybridized carbons (Fsp3) is 0.0833. The fourth-order valence-corrected chi connectivity index (χ4v) is 3.63. The Balaban J connectivity index is 1.38. The molecule has 1 heterocycles. The highest BCUT2D eigenvalue weighted by molar-refractivity contribution is 6.13. The zero-order valence-electron chi connectivity index (χ0n) is 15.6. The molecule has 0 aliphatic carbocycles. The van der Waals surface area contributed by atoms with Gasteiger partial charge in [0, 0.05) is 5.56 Å². The van der Waals surface area contributed by atoms with Crippen molar-refractivity contribution in [1.82, 2.24) is 5.43 Å². The first-order chi connectivity index (χ1) is 14.3. The Bertz CT molecular complexity index is 1210. The van der Waals surface area contributed by atoms with E-state index in [1.807, 2.05) is 42.5 Å². The molecule has 1 amide bonds. The van der Waals surface area contributed by atoms with Crippen LogP contribution in [0.25, 0.3) is 21.5 Å². The molecule has 0 aromatic heterocycles. The lowest BCUT2D eigenvalue weighted by Gasteiger charge is -2.08.